The highest BCUT2D eigenvalue weighted by molar-refractivity contribution is 8.00. The maximum absolute atomic E-state index is 12.7. The lowest BCUT2D eigenvalue weighted by Gasteiger charge is -2.26. The number of carbonyl (C=O) groups excluding carboxylic acids is 1. The first-order chi connectivity index (χ1) is 16.5. The summed E-state index contributed by atoms with van der Waals surface area (Å²) in [5.74, 6) is 0.297. The second-order valence-corrected chi connectivity index (χ2v) is 11.3. The first kappa shape index (κ1) is 25.6. The molecule has 0 spiro atoms. The minimum Gasteiger partial charge on any atom is -0.459 e. The van der Waals surface area contributed by atoms with Crippen LogP contribution in [0.5, 0.6) is 0 Å². The molecular weight excluding hydrogens is 527 g/mol. The second kappa shape index (κ2) is 10.3. The normalized spacial score (nSPS) is 11.6. The molecule has 0 unspecified atom stereocenters. The third-order valence-corrected chi connectivity index (χ3v) is 6.55. The van der Waals surface area contributed by atoms with Gasteiger partial charge in [-0.25, -0.2) is 0 Å². The van der Waals surface area contributed by atoms with E-state index in [9.17, 15) is 4.79 Å². The number of carbonyl (C=O) groups is 1. The molecule has 10 heteroatoms. The highest BCUT2D eigenvalue weighted by Gasteiger charge is 2.22. The molecule has 0 N–H and O–H groups in total. The van der Waals surface area contributed by atoms with Gasteiger partial charge in [0.25, 0.3) is 0 Å². The molecule has 0 aliphatic rings. The number of benzene rings is 2. The summed E-state index contributed by atoms with van der Waals surface area (Å²) in [6.45, 7) is 7.39. The van der Waals surface area contributed by atoms with Crippen LogP contribution in [0.15, 0.2) is 59.6 Å². The molecule has 35 heavy (non-hydrogen) atoms. The van der Waals surface area contributed by atoms with Crippen molar-refractivity contribution in [1.82, 2.24) is 14.8 Å². The van der Waals surface area contributed by atoms with E-state index in [2.05, 4.69) is 10.2 Å². The molecule has 2 aromatic heterocycles. The zero-order valence-corrected chi connectivity index (χ0v) is 22.6. The van der Waals surface area contributed by atoms with Gasteiger partial charge < -0.3 is 9.04 Å². The molecule has 0 aliphatic heterocycles. The van der Waals surface area contributed by atoms with Crippen LogP contribution in [-0.4, -0.2) is 32.9 Å². The van der Waals surface area contributed by atoms with E-state index >= 15 is 0 Å². The van der Waals surface area contributed by atoms with Gasteiger partial charge in [0.2, 0.25) is 0 Å². The summed E-state index contributed by atoms with van der Waals surface area (Å²) in [5, 5.41) is 10.8. The maximum atomic E-state index is 12.7. The number of anilines is 1. The Morgan fingerprint density at radius 2 is 1.74 bits per heavy atom. The lowest BCUT2D eigenvalue weighted by molar-refractivity contribution is -0.152. The zero-order chi connectivity index (χ0) is 25.3. The third-order valence-electron chi connectivity index (χ3n) is 4.80. The van der Waals surface area contributed by atoms with E-state index in [0.29, 0.717) is 20.9 Å². The number of aromatic nitrogens is 3. The van der Waals surface area contributed by atoms with Crippen molar-refractivity contribution in [2.45, 2.75) is 38.2 Å². The first-order valence-corrected chi connectivity index (χ1v) is 12.6. The molecule has 0 aliphatic carbocycles. The van der Waals surface area contributed by atoms with E-state index in [0.717, 1.165) is 27.2 Å². The lowest BCUT2D eigenvalue weighted by Crippen LogP contribution is -2.31. The molecule has 0 amide bonds. The fourth-order valence-corrected chi connectivity index (χ4v) is 5.33. The second-order valence-electron chi connectivity index (χ2n) is 8.90. The summed E-state index contributed by atoms with van der Waals surface area (Å²) >= 11 is 20.4. The first-order valence-electron chi connectivity index (χ1n) is 10.7. The predicted molar refractivity (Wildman–Crippen MR) is 144 cm³/mol. The van der Waals surface area contributed by atoms with Crippen LogP contribution >= 0.6 is 46.8 Å². The van der Waals surface area contributed by atoms with Gasteiger partial charge in [-0.15, -0.1) is 5.10 Å². The van der Waals surface area contributed by atoms with Crippen molar-refractivity contribution in [3.05, 3.63) is 75.5 Å². The number of halogens is 3. The van der Waals surface area contributed by atoms with E-state index in [1.807, 2.05) is 66.9 Å². The summed E-state index contributed by atoms with van der Waals surface area (Å²) in [6, 6.07) is 14.8. The van der Waals surface area contributed by atoms with E-state index in [4.69, 9.17) is 39.5 Å². The molecule has 2 aromatic carbocycles. The molecule has 0 bridgehead atoms. The Morgan fingerprint density at radius 1 is 1.03 bits per heavy atom. The summed E-state index contributed by atoms with van der Waals surface area (Å²) < 4.78 is 9.28. The Balaban J connectivity index is 1.73. The topological polar surface area (TPSA) is 60.2 Å². The van der Waals surface area contributed by atoms with E-state index in [1.165, 1.54) is 11.9 Å². The van der Waals surface area contributed by atoms with Crippen molar-refractivity contribution in [2.75, 3.05) is 10.8 Å². The zero-order valence-electron chi connectivity index (χ0n) is 19.6. The minimum atomic E-state index is -0.605. The van der Waals surface area contributed by atoms with Crippen LogP contribution in [0.1, 0.15) is 26.5 Å². The number of hydrogen-bond donors (Lipinski definition) is 0. The Labute approximate surface area is 223 Å². The van der Waals surface area contributed by atoms with Crippen LogP contribution in [0.2, 0.25) is 15.1 Å². The smallest absolute Gasteiger partial charge is 0.327 e. The molecule has 4 aromatic rings. The van der Waals surface area contributed by atoms with E-state index < -0.39 is 5.60 Å². The fraction of sp³-hybridized carbons (Fsp3) is 0.240. The summed E-state index contributed by atoms with van der Waals surface area (Å²) in [6.07, 6.45) is 1.80. The Morgan fingerprint density at radius 3 is 2.37 bits per heavy atom. The van der Waals surface area contributed by atoms with E-state index in [-0.39, 0.29) is 12.5 Å². The average molecular weight is 550 g/mol. The molecule has 0 saturated carbocycles. The average Bonchev–Trinajstić information content (AvgIpc) is 3.08. The van der Waals surface area contributed by atoms with Crippen LogP contribution in [0.4, 0.5) is 5.69 Å². The van der Waals surface area contributed by atoms with Gasteiger partial charge in [0, 0.05) is 32.2 Å². The SMILES string of the molecule is Cc1ccc(-n2cc(Cl)c3cc(N(CC(=O)OC(C)(C)C)Sc4cc(Cl)cc(Cl)c4)ccc32)nn1. The van der Waals surface area contributed by atoms with Crippen LogP contribution in [0.25, 0.3) is 16.7 Å². The molecule has 0 atom stereocenters. The van der Waals surface area contributed by atoms with Gasteiger partial charge in [0.1, 0.15) is 12.1 Å². The summed E-state index contributed by atoms with van der Waals surface area (Å²) in [7, 11) is 0. The van der Waals surface area contributed by atoms with Crippen molar-refractivity contribution in [3.63, 3.8) is 0 Å². The third kappa shape index (κ3) is 6.41. The van der Waals surface area contributed by atoms with Crippen LogP contribution in [-0.2, 0) is 9.53 Å². The van der Waals surface area contributed by atoms with Gasteiger partial charge in [-0.1, -0.05) is 34.8 Å². The van der Waals surface area contributed by atoms with Gasteiger partial charge in [-0.05, 0) is 88.2 Å². The molecule has 6 nitrogen and oxygen atoms in total. The van der Waals surface area contributed by atoms with Crippen LogP contribution in [0, 0.1) is 6.92 Å². The van der Waals surface area contributed by atoms with Gasteiger partial charge >= 0.3 is 5.97 Å². The predicted octanol–water partition coefficient (Wildman–Crippen LogP) is 7.54. The number of rotatable bonds is 6. The largest absolute Gasteiger partial charge is 0.459 e. The highest BCUT2D eigenvalue weighted by atomic mass is 35.5. The maximum Gasteiger partial charge on any atom is 0.327 e. The standard InChI is InChI=1S/C25H23Cl3N4O2S/c1-15-5-8-23(30-29-15)31-13-21(28)20-12-18(6-7-22(20)31)32(14-24(33)34-25(2,3)4)35-19-10-16(26)9-17(27)11-19/h5-13H,14H2,1-4H3. The molecule has 0 radical (unpaired) electrons. The highest BCUT2D eigenvalue weighted by Crippen LogP contribution is 2.36. The lowest BCUT2D eigenvalue weighted by atomic mass is 10.2. The van der Waals surface area contributed by atoms with Gasteiger partial charge in [-0.3, -0.25) is 9.36 Å². The van der Waals surface area contributed by atoms with Crippen molar-refractivity contribution in [2.24, 2.45) is 0 Å². The Bertz CT molecular complexity index is 1360. The minimum absolute atomic E-state index is 0.000654. The van der Waals surface area contributed by atoms with Gasteiger partial charge in [-0.2, -0.15) is 5.10 Å². The van der Waals surface area contributed by atoms with Crippen LogP contribution < -0.4 is 4.31 Å². The number of nitrogens with zero attached hydrogens (tertiary/aromatic N) is 4. The number of esters is 1. The summed E-state index contributed by atoms with van der Waals surface area (Å²) in [4.78, 5) is 13.5. The number of hydrogen-bond acceptors (Lipinski definition) is 6. The van der Waals surface area contributed by atoms with Gasteiger partial charge in [0.05, 0.1) is 16.2 Å². The molecule has 0 fully saturated rings. The molecule has 2 heterocycles. The van der Waals surface area contributed by atoms with Crippen molar-refractivity contribution >= 4 is 69.3 Å². The number of ether oxygens (including phenoxy) is 1. The summed E-state index contributed by atoms with van der Waals surface area (Å²) in [5.41, 5.74) is 1.85. The van der Waals surface area contributed by atoms with Crippen LogP contribution in [0.3, 0.4) is 0 Å². The number of fused-ring (bicyclic) bond motifs is 1. The molecule has 182 valence electrons. The molecular formula is C25H23Cl3N4O2S. The van der Waals surface area contributed by atoms with E-state index in [1.54, 1.807) is 24.4 Å². The van der Waals surface area contributed by atoms with Crippen molar-refractivity contribution in [3.8, 4) is 5.82 Å². The monoisotopic (exact) mass is 548 g/mol. The number of aryl methyl sites for hydroxylation is 1. The van der Waals surface area contributed by atoms with Crippen molar-refractivity contribution < 1.29 is 9.53 Å². The van der Waals surface area contributed by atoms with Crippen molar-refractivity contribution in [1.29, 1.82) is 0 Å². The fourth-order valence-electron chi connectivity index (χ4n) is 3.42. The van der Waals surface area contributed by atoms with Gasteiger partial charge in [0.15, 0.2) is 5.82 Å². The quantitative estimate of drug-likeness (QED) is 0.183. The molecule has 0 saturated heterocycles. The molecule has 4 rings (SSSR count). The Hall–Kier alpha value is -2.45. The Kier molecular flexibility index (Phi) is 7.52.